The van der Waals surface area contributed by atoms with Crippen LogP contribution in [0, 0.1) is 5.92 Å². The van der Waals surface area contributed by atoms with Crippen LogP contribution in [0.3, 0.4) is 0 Å². The van der Waals surface area contributed by atoms with E-state index in [0.717, 1.165) is 23.5 Å². The summed E-state index contributed by atoms with van der Waals surface area (Å²) in [5.74, 6) is 0.734. The number of hydrogen-bond donors (Lipinski definition) is 1. The van der Waals surface area contributed by atoms with E-state index in [4.69, 9.17) is 4.74 Å². The third kappa shape index (κ3) is 4.30. The second-order valence-electron chi connectivity index (χ2n) is 7.02. The van der Waals surface area contributed by atoms with Crippen molar-refractivity contribution in [1.82, 2.24) is 0 Å². The van der Waals surface area contributed by atoms with E-state index in [9.17, 15) is 9.59 Å². The van der Waals surface area contributed by atoms with Gasteiger partial charge in [-0.1, -0.05) is 26.0 Å². The van der Waals surface area contributed by atoms with Crippen LogP contribution in [-0.2, 0) is 9.59 Å². The fourth-order valence-electron chi connectivity index (χ4n) is 3.27. The van der Waals surface area contributed by atoms with Gasteiger partial charge in [0.2, 0.25) is 11.8 Å². The van der Waals surface area contributed by atoms with Crippen molar-refractivity contribution in [1.29, 1.82) is 0 Å². The number of anilines is 2. The summed E-state index contributed by atoms with van der Waals surface area (Å²) in [6, 6.07) is 15.3. The van der Waals surface area contributed by atoms with Crippen molar-refractivity contribution in [2.75, 3.05) is 23.9 Å². The summed E-state index contributed by atoms with van der Waals surface area (Å²) >= 11 is 0. The number of nitrogens with zero attached hydrogens (tertiary/aromatic N) is 1. The Morgan fingerprint density at radius 1 is 1.19 bits per heavy atom. The molecular formula is C22H26N2O3. The van der Waals surface area contributed by atoms with Gasteiger partial charge in [0.25, 0.3) is 0 Å². The van der Waals surface area contributed by atoms with Crippen LogP contribution in [0.4, 0.5) is 11.4 Å². The number of methoxy groups -OCH3 is 1. The van der Waals surface area contributed by atoms with Gasteiger partial charge in [-0.15, -0.1) is 0 Å². The van der Waals surface area contributed by atoms with Crippen molar-refractivity contribution in [3.63, 3.8) is 0 Å². The maximum atomic E-state index is 12.6. The van der Waals surface area contributed by atoms with E-state index in [-0.39, 0.29) is 24.2 Å². The normalized spacial score (nSPS) is 17.7. The predicted octanol–water partition coefficient (Wildman–Crippen LogP) is 4.20. The lowest BCUT2D eigenvalue weighted by Crippen LogP contribution is -2.28. The summed E-state index contributed by atoms with van der Waals surface area (Å²) in [4.78, 5) is 26.6. The molecule has 2 aromatic carbocycles. The summed E-state index contributed by atoms with van der Waals surface area (Å²) < 4.78 is 5.15. The quantitative estimate of drug-likeness (QED) is 0.833. The fraction of sp³-hybridized carbons (Fsp3) is 0.364. The number of hydrogen-bond acceptors (Lipinski definition) is 3. The van der Waals surface area contributed by atoms with Gasteiger partial charge in [0, 0.05) is 24.3 Å². The van der Waals surface area contributed by atoms with E-state index in [0.29, 0.717) is 12.5 Å². The minimum absolute atomic E-state index is 0.0348. The summed E-state index contributed by atoms with van der Waals surface area (Å²) in [6.07, 6.45) is 1.31. The van der Waals surface area contributed by atoms with Gasteiger partial charge in [-0.25, -0.2) is 0 Å². The van der Waals surface area contributed by atoms with Crippen molar-refractivity contribution in [2.45, 2.75) is 32.6 Å². The minimum Gasteiger partial charge on any atom is -0.497 e. The van der Waals surface area contributed by atoms with E-state index < -0.39 is 0 Å². The molecule has 0 spiro atoms. The van der Waals surface area contributed by atoms with Crippen LogP contribution in [0.25, 0.3) is 0 Å². The van der Waals surface area contributed by atoms with Gasteiger partial charge in [0.1, 0.15) is 5.75 Å². The first kappa shape index (κ1) is 19.0. The first-order valence-electron chi connectivity index (χ1n) is 9.37. The Hall–Kier alpha value is -2.82. The molecular weight excluding hydrogens is 340 g/mol. The molecule has 0 aromatic heterocycles. The molecule has 0 unspecified atom stereocenters. The smallest absolute Gasteiger partial charge is 0.229 e. The lowest BCUT2D eigenvalue weighted by atomic mass is 9.98. The van der Waals surface area contributed by atoms with E-state index in [1.54, 1.807) is 12.0 Å². The average molecular weight is 366 g/mol. The zero-order valence-corrected chi connectivity index (χ0v) is 16.1. The number of nitrogens with one attached hydrogen (secondary N) is 1. The Labute approximate surface area is 160 Å². The van der Waals surface area contributed by atoms with E-state index in [2.05, 4.69) is 19.2 Å². The van der Waals surface area contributed by atoms with Gasteiger partial charge in [-0.2, -0.15) is 0 Å². The fourth-order valence-corrected chi connectivity index (χ4v) is 3.27. The predicted molar refractivity (Wildman–Crippen MR) is 107 cm³/mol. The van der Waals surface area contributed by atoms with Crippen LogP contribution in [0.5, 0.6) is 5.75 Å². The van der Waals surface area contributed by atoms with Gasteiger partial charge in [-0.05, 0) is 54.3 Å². The van der Waals surface area contributed by atoms with Crippen molar-refractivity contribution in [2.24, 2.45) is 5.92 Å². The molecule has 2 aromatic rings. The molecule has 0 saturated carbocycles. The summed E-state index contributed by atoms with van der Waals surface area (Å²) in [5, 5.41) is 2.94. The summed E-state index contributed by atoms with van der Waals surface area (Å²) in [6.45, 7) is 4.74. The average Bonchev–Trinajstić information content (AvgIpc) is 3.10. The van der Waals surface area contributed by atoms with Gasteiger partial charge < -0.3 is 15.0 Å². The maximum absolute atomic E-state index is 12.6. The molecule has 1 aliphatic rings. The highest BCUT2D eigenvalue weighted by atomic mass is 16.5. The minimum atomic E-state index is -0.353. The number of ether oxygens (including phenoxy) is 1. The van der Waals surface area contributed by atoms with Crippen LogP contribution in [0.2, 0.25) is 0 Å². The van der Waals surface area contributed by atoms with Crippen LogP contribution >= 0.6 is 0 Å². The van der Waals surface area contributed by atoms with Crippen LogP contribution in [0.15, 0.2) is 48.5 Å². The van der Waals surface area contributed by atoms with Crippen LogP contribution in [0.1, 0.15) is 38.2 Å². The highest BCUT2D eigenvalue weighted by molar-refractivity contribution is 6.03. The zero-order valence-electron chi connectivity index (χ0n) is 16.1. The van der Waals surface area contributed by atoms with Gasteiger partial charge >= 0.3 is 0 Å². The highest BCUT2D eigenvalue weighted by Gasteiger charge is 2.35. The Morgan fingerprint density at radius 3 is 2.44 bits per heavy atom. The van der Waals surface area contributed by atoms with Crippen molar-refractivity contribution < 1.29 is 14.3 Å². The molecule has 1 saturated heterocycles. The number of carbonyl (C=O) groups excluding carboxylic acids is 2. The van der Waals surface area contributed by atoms with Gasteiger partial charge in [0.05, 0.1) is 13.0 Å². The number of benzene rings is 2. The lowest BCUT2D eigenvalue weighted by molar-refractivity contribution is -0.122. The molecule has 5 heteroatoms. The molecule has 1 fully saturated rings. The lowest BCUT2D eigenvalue weighted by Gasteiger charge is -2.17. The van der Waals surface area contributed by atoms with Crippen molar-refractivity contribution in [3.05, 3.63) is 54.1 Å². The SMILES string of the molecule is CC[C@H](C)c1ccc(NC(=O)[C@H]2CC(=O)N(c3ccc(OC)cc3)C2)cc1. The van der Waals surface area contributed by atoms with Crippen LogP contribution < -0.4 is 15.0 Å². The third-order valence-corrected chi connectivity index (χ3v) is 5.24. The Kier molecular flexibility index (Phi) is 5.79. The maximum Gasteiger partial charge on any atom is 0.229 e. The van der Waals surface area contributed by atoms with E-state index >= 15 is 0 Å². The molecule has 0 aliphatic carbocycles. The zero-order chi connectivity index (χ0) is 19.4. The summed E-state index contributed by atoms with van der Waals surface area (Å²) in [5.41, 5.74) is 2.81. The Bertz CT molecular complexity index is 799. The number of carbonyl (C=O) groups is 2. The van der Waals surface area contributed by atoms with Gasteiger partial charge in [0.15, 0.2) is 0 Å². The second-order valence-corrected chi connectivity index (χ2v) is 7.02. The molecule has 27 heavy (non-hydrogen) atoms. The van der Waals surface area contributed by atoms with Gasteiger partial charge in [-0.3, -0.25) is 9.59 Å². The standard InChI is InChI=1S/C22H26N2O3/c1-4-15(2)16-5-7-18(8-6-16)23-22(26)17-13-21(25)24(14-17)19-9-11-20(27-3)12-10-19/h5-12,15,17H,4,13-14H2,1-3H3,(H,23,26)/t15-,17-/m0/s1. The van der Waals surface area contributed by atoms with Crippen LogP contribution in [-0.4, -0.2) is 25.5 Å². The molecule has 1 N–H and O–H groups in total. The first-order chi connectivity index (χ1) is 13.0. The first-order valence-corrected chi connectivity index (χ1v) is 9.37. The number of rotatable bonds is 6. The molecule has 2 atom stereocenters. The molecule has 1 aliphatic heterocycles. The molecule has 0 bridgehead atoms. The summed E-state index contributed by atoms with van der Waals surface area (Å²) in [7, 11) is 1.60. The topological polar surface area (TPSA) is 58.6 Å². The molecule has 1 heterocycles. The molecule has 142 valence electrons. The molecule has 2 amide bonds. The molecule has 3 rings (SSSR count). The number of amides is 2. The molecule has 5 nitrogen and oxygen atoms in total. The van der Waals surface area contributed by atoms with E-state index in [1.165, 1.54) is 5.56 Å². The van der Waals surface area contributed by atoms with Crippen molar-refractivity contribution >= 4 is 23.2 Å². The largest absolute Gasteiger partial charge is 0.497 e. The second kappa shape index (κ2) is 8.25. The molecule has 0 radical (unpaired) electrons. The Morgan fingerprint density at radius 2 is 1.85 bits per heavy atom. The Balaban J connectivity index is 1.63. The third-order valence-electron chi connectivity index (χ3n) is 5.24. The monoisotopic (exact) mass is 366 g/mol. The van der Waals surface area contributed by atoms with Crippen molar-refractivity contribution in [3.8, 4) is 5.75 Å². The van der Waals surface area contributed by atoms with E-state index in [1.807, 2.05) is 48.5 Å². The highest BCUT2D eigenvalue weighted by Crippen LogP contribution is 2.28.